The minimum atomic E-state index is -1.20. The van der Waals surface area contributed by atoms with E-state index in [0.29, 0.717) is 22.6 Å². The molecule has 2 heterocycles. The first-order valence-corrected chi connectivity index (χ1v) is 6.16. The molecule has 1 aromatic heterocycles. The van der Waals surface area contributed by atoms with Crippen molar-refractivity contribution in [1.29, 1.82) is 0 Å². The van der Waals surface area contributed by atoms with Gasteiger partial charge in [0, 0.05) is 5.56 Å². The number of hydrogen-bond acceptors (Lipinski definition) is 5. The highest BCUT2D eigenvalue weighted by molar-refractivity contribution is 5.82. The summed E-state index contributed by atoms with van der Waals surface area (Å²) in [7, 11) is 0. The molecule has 1 unspecified atom stereocenters. The van der Waals surface area contributed by atoms with Crippen molar-refractivity contribution in [2.45, 2.75) is 5.66 Å². The average molecular weight is 281 g/mol. The molecule has 6 heteroatoms. The van der Waals surface area contributed by atoms with Crippen LogP contribution >= 0.6 is 0 Å². The molecular formula is C15H12FN5. The van der Waals surface area contributed by atoms with Crippen molar-refractivity contribution in [2.75, 3.05) is 11.1 Å². The topological polar surface area (TPSA) is 89.3 Å². The van der Waals surface area contributed by atoms with Gasteiger partial charge in [0.2, 0.25) is 0 Å². The van der Waals surface area contributed by atoms with E-state index in [-0.39, 0.29) is 5.56 Å². The maximum absolute atomic E-state index is 13.6. The molecule has 21 heavy (non-hydrogen) atoms. The molecule has 0 radical (unpaired) electrons. The number of nitrogens with zero attached hydrogens (tertiary/aromatic N) is 2. The molecule has 1 aliphatic rings. The molecule has 5 N–H and O–H groups in total. The van der Waals surface area contributed by atoms with Gasteiger partial charge in [-0.25, -0.2) is 14.4 Å². The fourth-order valence-electron chi connectivity index (χ4n) is 2.28. The molecule has 5 nitrogen and oxygen atoms in total. The van der Waals surface area contributed by atoms with Gasteiger partial charge in [0.15, 0.2) is 5.66 Å². The van der Waals surface area contributed by atoms with E-state index in [4.69, 9.17) is 17.9 Å². The Morgan fingerprint density at radius 1 is 1.33 bits per heavy atom. The molecule has 0 aliphatic carbocycles. The first-order chi connectivity index (χ1) is 10.0. The van der Waals surface area contributed by atoms with Crippen LogP contribution in [0.25, 0.3) is 0 Å². The molecule has 3 rings (SSSR count). The fourth-order valence-corrected chi connectivity index (χ4v) is 2.28. The summed E-state index contributed by atoms with van der Waals surface area (Å²) < 4.78 is 13.6. The van der Waals surface area contributed by atoms with Gasteiger partial charge in [0.1, 0.15) is 11.6 Å². The van der Waals surface area contributed by atoms with Crippen molar-refractivity contribution >= 4 is 17.8 Å². The number of aliphatic imine (C=N–C) groups is 1. The van der Waals surface area contributed by atoms with Crippen LogP contribution in [0.5, 0.6) is 0 Å². The SMILES string of the molecule is C#Cc1cc(C2(N)N=CNc3cnc(N)cc32)ccc1F. The van der Waals surface area contributed by atoms with Crippen LogP contribution in [0.4, 0.5) is 15.9 Å². The van der Waals surface area contributed by atoms with Crippen LogP contribution in [0.15, 0.2) is 35.5 Å². The lowest BCUT2D eigenvalue weighted by molar-refractivity contribution is 0.565. The molecule has 104 valence electrons. The first-order valence-electron chi connectivity index (χ1n) is 6.16. The summed E-state index contributed by atoms with van der Waals surface area (Å²) >= 11 is 0. The number of pyridine rings is 1. The molecule has 0 fully saturated rings. The number of halogens is 1. The summed E-state index contributed by atoms with van der Waals surface area (Å²) in [5.41, 5.74) is 13.0. The number of fused-ring (bicyclic) bond motifs is 1. The highest BCUT2D eigenvalue weighted by Crippen LogP contribution is 2.36. The Morgan fingerprint density at radius 2 is 2.14 bits per heavy atom. The van der Waals surface area contributed by atoms with Crippen molar-refractivity contribution in [1.82, 2.24) is 4.98 Å². The lowest BCUT2D eigenvalue weighted by Crippen LogP contribution is -2.39. The Hall–Kier alpha value is -2.91. The monoisotopic (exact) mass is 281 g/mol. The van der Waals surface area contributed by atoms with Crippen molar-refractivity contribution in [2.24, 2.45) is 10.7 Å². The van der Waals surface area contributed by atoms with E-state index in [9.17, 15) is 4.39 Å². The Bertz CT molecular complexity index is 793. The highest BCUT2D eigenvalue weighted by Gasteiger charge is 2.34. The molecule has 0 spiro atoms. The van der Waals surface area contributed by atoms with E-state index in [2.05, 4.69) is 21.2 Å². The number of nitrogen functional groups attached to an aromatic ring is 1. The van der Waals surface area contributed by atoms with Crippen molar-refractivity contribution in [3.8, 4) is 12.3 Å². The van der Waals surface area contributed by atoms with Gasteiger partial charge in [-0.05, 0) is 23.8 Å². The summed E-state index contributed by atoms with van der Waals surface area (Å²) in [5.74, 6) is 2.14. The molecule has 1 atom stereocenters. The van der Waals surface area contributed by atoms with Crippen LogP contribution in [0.2, 0.25) is 0 Å². The van der Waals surface area contributed by atoms with Crippen LogP contribution in [0, 0.1) is 18.2 Å². The fraction of sp³-hybridized carbons (Fsp3) is 0.0667. The lowest BCUT2D eigenvalue weighted by Gasteiger charge is -2.31. The Kier molecular flexibility index (Phi) is 2.85. The van der Waals surface area contributed by atoms with Gasteiger partial charge in [-0.15, -0.1) is 6.42 Å². The van der Waals surface area contributed by atoms with Crippen LogP contribution in [0.3, 0.4) is 0 Å². The summed E-state index contributed by atoms with van der Waals surface area (Å²) in [6, 6.07) is 5.98. The quantitative estimate of drug-likeness (QED) is 0.689. The third-order valence-corrected chi connectivity index (χ3v) is 3.39. The van der Waals surface area contributed by atoms with E-state index < -0.39 is 11.5 Å². The number of rotatable bonds is 1. The number of aromatic nitrogens is 1. The second-order valence-corrected chi connectivity index (χ2v) is 4.66. The summed E-state index contributed by atoms with van der Waals surface area (Å²) in [6.45, 7) is 0. The van der Waals surface area contributed by atoms with Gasteiger partial charge in [-0.3, -0.25) is 5.73 Å². The third-order valence-electron chi connectivity index (χ3n) is 3.39. The second-order valence-electron chi connectivity index (χ2n) is 4.66. The van der Waals surface area contributed by atoms with E-state index in [1.807, 2.05) is 0 Å². The lowest BCUT2D eigenvalue weighted by atomic mass is 9.90. The van der Waals surface area contributed by atoms with Gasteiger partial charge in [-0.2, -0.15) is 0 Å². The predicted octanol–water partition coefficient (Wildman–Crippen LogP) is 1.40. The number of nitrogens with two attached hydrogens (primary N) is 2. The highest BCUT2D eigenvalue weighted by atomic mass is 19.1. The van der Waals surface area contributed by atoms with Gasteiger partial charge >= 0.3 is 0 Å². The Labute approximate surface area is 120 Å². The first kappa shape index (κ1) is 13.1. The van der Waals surface area contributed by atoms with Crippen LogP contribution in [-0.2, 0) is 5.66 Å². The maximum Gasteiger partial charge on any atom is 0.163 e. The molecule has 0 amide bonds. The van der Waals surface area contributed by atoms with Crippen molar-refractivity contribution in [3.05, 3.63) is 53.0 Å². The summed E-state index contributed by atoms with van der Waals surface area (Å²) in [6.07, 6.45) is 8.34. The third kappa shape index (κ3) is 2.00. The van der Waals surface area contributed by atoms with Crippen LogP contribution < -0.4 is 16.8 Å². The zero-order valence-corrected chi connectivity index (χ0v) is 11.0. The standard InChI is InChI=1S/C15H12FN5/c1-2-9-5-10(3-4-12(9)16)15(18)11-6-14(17)19-7-13(11)20-8-21-15/h1,3-8H,18H2,(H2,17,19)(H,20,21). The van der Waals surface area contributed by atoms with Crippen molar-refractivity contribution in [3.63, 3.8) is 0 Å². The molecule has 1 aliphatic heterocycles. The maximum atomic E-state index is 13.6. The number of hydrogen-bond donors (Lipinski definition) is 3. The Balaban J connectivity index is 2.22. The molecule has 2 aromatic rings. The van der Waals surface area contributed by atoms with Crippen molar-refractivity contribution < 1.29 is 4.39 Å². The summed E-state index contributed by atoms with van der Waals surface area (Å²) in [4.78, 5) is 8.29. The molecule has 1 aromatic carbocycles. The number of nitrogens with one attached hydrogen (secondary N) is 1. The molecule has 0 saturated heterocycles. The van der Waals surface area contributed by atoms with E-state index in [1.165, 1.54) is 18.5 Å². The predicted molar refractivity (Wildman–Crippen MR) is 80.1 cm³/mol. The molecule has 0 saturated carbocycles. The molecular weight excluding hydrogens is 269 g/mol. The largest absolute Gasteiger partial charge is 0.384 e. The van der Waals surface area contributed by atoms with Gasteiger partial charge in [-0.1, -0.05) is 12.0 Å². The van der Waals surface area contributed by atoms with Gasteiger partial charge in [0.05, 0.1) is 23.8 Å². The van der Waals surface area contributed by atoms with E-state index in [0.717, 1.165) is 0 Å². The summed E-state index contributed by atoms with van der Waals surface area (Å²) in [5, 5.41) is 2.95. The van der Waals surface area contributed by atoms with Gasteiger partial charge in [0.25, 0.3) is 0 Å². The number of benzene rings is 1. The van der Waals surface area contributed by atoms with Crippen LogP contribution in [-0.4, -0.2) is 11.3 Å². The Morgan fingerprint density at radius 3 is 2.90 bits per heavy atom. The second kappa shape index (κ2) is 4.58. The van der Waals surface area contributed by atoms with E-state index >= 15 is 0 Å². The number of anilines is 2. The minimum absolute atomic E-state index is 0.134. The molecule has 0 bridgehead atoms. The zero-order valence-electron chi connectivity index (χ0n) is 11.0. The van der Waals surface area contributed by atoms with E-state index in [1.54, 1.807) is 18.3 Å². The minimum Gasteiger partial charge on any atom is -0.384 e. The normalized spacial score (nSPS) is 19.5. The number of terminal acetylenes is 1. The average Bonchev–Trinajstić information content (AvgIpc) is 2.48. The van der Waals surface area contributed by atoms with Crippen LogP contribution in [0.1, 0.15) is 16.7 Å². The van der Waals surface area contributed by atoms with Gasteiger partial charge < -0.3 is 11.1 Å². The zero-order chi connectivity index (χ0) is 15.0. The smallest absolute Gasteiger partial charge is 0.163 e.